The normalized spacial score (nSPS) is 10.1. The summed E-state index contributed by atoms with van der Waals surface area (Å²) >= 11 is 0. The van der Waals surface area contributed by atoms with E-state index in [-0.39, 0.29) is 11.7 Å². The SMILES string of the molecule is Cc1ccccc1N(C)C(=O)c1cccnc1N. The minimum atomic E-state index is -0.157. The first-order valence-corrected chi connectivity index (χ1v) is 5.65. The van der Waals surface area contributed by atoms with Gasteiger partial charge in [0, 0.05) is 18.9 Å². The van der Waals surface area contributed by atoms with Crippen LogP contribution in [0.2, 0.25) is 0 Å². The van der Waals surface area contributed by atoms with Gasteiger partial charge in [0.2, 0.25) is 0 Å². The molecule has 0 spiro atoms. The number of hydrogen-bond acceptors (Lipinski definition) is 3. The summed E-state index contributed by atoms with van der Waals surface area (Å²) in [6.07, 6.45) is 1.57. The Labute approximate surface area is 106 Å². The van der Waals surface area contributed by atoms with Crippen molar-refractivity contribution in [1.29, 1.82) is 0 Å². The molecule has 2 N–H and O–H groups in total. The number of carbonyl (C=O) groups is 1. The van der Waals surface area contributed by atoms with Gasteiger partial charge in [0.25, 0.3) is 5.91 Å². The Kier molecular flexibility index (Phi) is 3.28. The van der Waals surface area contributed by atoms with Crippen LogP contribution in [0, 0.1) is 6.92 Å². The van der Waals surface area contributed by atoms with Crippen molar-refractivity contribution >= 4 is 17.4 Å². The lowest BCUT2D eigenvalue weighted by atomic mass is 10.1. The molecule has 0 radical (unpaired) electrons. The summed E-state index contributed by atoms with van der Waals surface area (Å²) in [6, 6.07) is 11.1. The lowest BCUT2D eigenvalue weighted by molar-refractivity contribution is 0.0993. The standard InChI is InChI=1S/C14H15N3O/c1-10-6-3-4-8-12(10)17(2)14(18)11-7-5-9-16-13(11)15/h3-9H,1-2H3,(H2,15,16). The number of aromatic nitrogens is 1. The Bertz CT molecular complexity index is 581. The molecule has 0 unspecified atom stereocenters. The average Bonchev–Trinajstić information content (AvgIpc) is 2.38. The predicted molar refractivity (Wildman–Crippen MR) is 72.6 cm³/mol. The summed E-state index contributed by atoms with van der Waals surface area (Å²) in [5, 5.41) is 0. The summed E-state index contributed by atoms with van der Waals surface area (Å²) in [5.74, 6) is 0.0952. The number of nitrogens with two attached hydrogens (primary N) is 1. The third-order valence-corrected chi connectivity index (χ3v) is 2.85. The lowest BCUT2D eigenvalue weighted by Gasteiger charge is -2.19. The number of hydrogen-bond donors (Lipinski definition) is 1. The maximum atomic E-state index is 12.3. The van der Waals surface area contributed by atoms with Crippen LogP contribution >= 0.6 is 0 Å². The molecule has 0 saturated carbocycles. The summed E-state index contributed by atoms with van der Waals surface area (Å²) in [6.45, 7) is 1.96. The Morgan fingerprint density at radius 1 is 1.22 bits per heavy atom. The molecule has 0 aliphatic carbocycles. The van der Waals surface area contributed by atoms with Crippen LogP contribution in [0.25, 0.3) is 0 Å². The molecule has 0 aliphatic rings. The molecule has 0 saturated heterocycles. The van der Waals surface area contributed by atoms with Crippen LogP contribution in [-0.4, -0.2) is 17.9 Å². The maximum Gasteiger partial charge on any atom is 0.261 e. The van der Waals surface area contributed by atoms with E-state index in [0.717, 1.165) is 11.3 Å². The highest BCUT2D eigenvalue weighted by atomic mass is 16.2. The van der Waals surface area contributed by atoms with Crippen LogP contribution in [-0.2, 0) is 0 Å². The predicted octanol–water partition coefficient (Wildman–Crippen LogP) is 2.25. The van der Waals surface area contributed by atoms with Gasteiger partial charge in [-0.05, 0) is 30.7 Å². The molecule has 18 heavy (non-hydrogen) atoms. The topological polar surface area (TPSA) is 59.2 Å². The molecular formula is C14H15N3O. The van der Waals surface area contributed by atoms with Crippen LogP contribution in [0.1, 0.15) is 15.9 Å². The fourth-order valence-corrected chi connectivity index (χ4v) is 1.83. The van der Waals surface area contributed by atoms with Gasteiger partial charge in [-0.2, -0.15) is 0 Å². The molecule has 1 aromatic carbocycles. The number of aryl methyl sites for hydroxylation is 1. The summed E-state index contributed by atoms with van der Waals surface area (Å²) in [7, 11) is 1.73. The number of nitrogens with zero attached hydrogens (tertiary/aromatic N) is 2. The van der Waals surface area contributed by atoms with Crippen molar-refractivity contribution in [3.05, 3.63) is 53.7 Å². The highest BCUT2D eigenvalue weighted by Crippen LogP contribution is 2.21. The van der Waals surface area contributed by atoms with E-state index >= 15 is 0 Å². The third-order valence-electron chi connectivity index (χ3n) is 2.85. The second-order valence-corrected chi connectivity index (χ2v) is 4.09. The number of pyridine rings is 1. The van der Waals surface area contributed by atoms with Gasteiger partial charge >= 0.3 is 0 Å². The molecule has 92 valence electrons. The fraction of sp³-hybridized carbons (Fsp3) is 0.143. The molecular weight excluding hydrogens is 226 g/mol. The first kappa shape index (κ1) is 12.1. The summed E-state index contributed by atoms with van der Waals surface area (Å²) in [4.78, 5) is 17.8. The Morgan fingerprint density at radius 3 is 2.61 bits per heavy atom. The minimum Gasteiger partial charge on any atom is -0.383 e. The van der Waals surface area contributed by atoms with Gasteiger partial charge in [-0.1, -0.05) is 18.2 Å². The molecule has 2 rings (SSSR count). The quantitative estimate of drug-likeness (QED) is 0.877. The second-order valence-electron chi connectivity index (χ2n) is 4.09. The van der Waals surface area contributed by atoms with E-state index in [4.69, 9.17) is 5.73 Å². The van der Waals surface area contributed by atoms with Crippen LogP contribution in [0.4, 0.5) is 11.5 Å². The van der Waals surface area contributed by atoms with Crippen molar-refractivity contribution in [2.24, 2.45) is 0 Å². The largest absolute Gasteiger partial charge is 0.383 e. The highest BCUT2D eigenvalue weighted by molar-refractivity contribution is 6.08. The van der Waals surface area contributed by atoms with Gasteiger partial charge in [-0.25, -0.2) is 4.98 Å². The lowest BCUT2D eigenvalue weighted by Crippen LogP contribution is -2.27. The number of benzene rings is 1. The zero-order chi connectivity index (χ0) is 13.1. The van der Waals surface area contributed by atoms with E-state index in [1.54, 1.807) is 30.3 Å². The van der Waals surface area contributed by atoms with Gasteiger partial charge in [-0.3, -0.25) is 4.79 Å². The molecule has 0 aliphatic heterocycles. The average molecular weight is 241 g/mol. The van der Waals surface area contributed by atoms with Gasteiger partial charge in [0.15, 0.2) is 0 Å². The molecule has 1 heterocycles. The van der Waals surface area contributed by atoms with Crippen molar-refractivity contribution in [1.82, 2.24) is 4.98 Å². The smallest absolute Gasteiger partial charge is 0.261 e. The minimum absolute atomic E-state index is 0.157. The third kappa shape index (κ3) is 2.18. The van der Waals surface area contributed by atoms with Crippen molar-refractivity contribution in [3.63, 3.8) is 0 Å². The van der Waals surface area contributed by atoms with E-state index in [9.17, 15) is 4.79 Å². The molecule has 0 fully saturated rings. The van der Waals surface area contributed by atoms with Crippen molar-refractivity contribution < 1.29 is 4.79 Å². The van der Waals surface area contributed by atoms with Crippen molar-refractivity contribution in [2.75, 3.05) is 17.7 Å². The highest BCUT2D eigenvalue weighted by Gasteiger charge is 2.17. The van der Waals surface area contributed by atoms with Crippen molar-refractivity contribution in [2.45, 2.75) is 6.92 Å². The van der Waals surface area contributed by atoms with E-state index < -0.39 is 0 Å². The van der Waals surface area contributed by atoms with E-state index in [0.29, 0.717) is 5.56 Å². The zero-order valence-corrected chi connectivity index (χ0v) is 10.4. The first-order chi connectivity index (χ1) is 8.61. The molecule has 4 heteroatoms. The zero-order valence-electron chi connectivity index (χ0n) is 10.4. The van der Waals surface area contributed by atoms with Crippen LogP contribution in [0.5, 0.6) is 0 Å². The van der Waals surface area contributed by atoms with Gasteiger partial charge < -0.3 is 10.6 Å². The Hall–Kier alpha value is -2.36. The molecule has 2 aromatic rings. The van der Waals surface area contributed by atoms with Gasteiger partial charge in [0.05, 0.1) is 5.56 Å². The van der Waals surface area contributed by atoms with Gasteiger partial charge in [-0.15, -0.1) is 0 Å². The second kappa shape index (κ2) is 4.87. The van der Waals surface area contributed by atoms with Crippen LogP contribution in [0.15, 0.2) is 42.6 Å². The fourth-order valence-electron chi connectivity index (χ4n) is 1.83. The number of anilines is 2. The summed E-state index contributed by atoms with van der Waals surface area (Å²) in [5.41, 5.74) is 8.04. The number of carbonyl (C=O) groups excluding carboxylic acids is 1. The Morgan fingerprint density at radius 2 is 1.94 bits per heavy atom. The monoisotopic (exact) mass is 241 g/mol. The molecule has 0 bridgehead atoms. The molecule has 1 aromatic heterocycles. The molecule has 0 atom stereocenters. The number of para-hydroxylation sites is 1. The van der Waals surface area contributed by atoms with E-state index in [1.165, 1.54) is 0 Å². The van der Waals surface area contributed by atoms with E-state index in [2.05, 4.69) is 4.98 Å². The number of rotatable bonds is 2. The Balaban J connectivity index is 2.36. The van der Waals surface area contributed by atoms with Crippen molar-refractivity contribution in [3.8, 4) is 0 Å². The first-order valence-electron chi connectivity index (χ1n) is 5.65. The van der Waals surface area contributed by atoms with Crippen LogP contribution < -0.4 is 10.6 Å². The summed E-state index contributed by atoms with van der Waals surface area (Å²) < 4.78 is 0. The van der Waals surface area contributed by atoms with Gasteiger partial charge in [0.1, 0.15) is 5.82 Å². The van der Waals surface area contributed by atoms with E-state index in [1.807, 2.05) is 31.2 Å². The molecule has 1 amide bonds. The number of amides is 1. The van der Waals surface area contributed by atoms with Crippen LogP contribution in [0.3, 0.4) is 0 Å². The molecule has 4 nitrogen and oxygen atoms in total. The number of nitrogen functional groups attached to an aromatic ring is 1. The maximum absolute atomic E-state index is 12.3.